The van der Waals surface area contributed by atoms with E-state index in [4.69, 9.17) is 5.26 Å². The molecule has 96 valence electrons. The van der Waals surface area contributed by atoms with Gasteiger partial charge in [-0.25, -0.2) is 0 Å². The number of hydrogen-bond donors (Lipinski definition) is 0. The van der Waals surface area contributed by atoms with Crippen molar-refractivity contribution in [1.82, 2.24) is 0 Å². The van der Waals surface area contributed by atoms with Gasteiger partial charge in [0, 0.05) is 6.42 Å². The molecule has 1 unspecified atom stereocenters. The molecule has 0 N–H and O–H groups in total. The molecule has 4 aliphatic rings. The third-order valence-electron chi connectivity index (χ3n) is 5.97. The zero-order chi connectivity index (χ0) is 12.8. The van der Waals surface area contributed by atoms with E-state index in [9.17, 15) is 5.26 Å². The molecule has 18 heavy (non-hydrogen) atoms. The van der Waals surface area contributed by atoms with Crippen LogP contribution in [-0.2, 0) is 0 Å². The zero-order valence-corrected chi connectivity index (χ0v) is 11.2. The van der Waals surface area contributed by atoms with E-state index in [0.717, 1.165) is 30.1 Å². The minimum atomic E-state index is -0.252. The summed E-state index contributed by atoms with van der Waals surface area (Å²) in [5.74, 6) is 4.06. The molecule has 0 spiro atoms. The Bertz CT molecular complexity index is 386. The largest absolute Gasteiger partial charge is 0.198 e. The fourth-order valence-electron chi connectivity index (χ4n) is 5.58. The molecule has 0 aliphatic heterocycles. The van der Waals surface area contributed by atoms with Crippen LogP contribution in [-0.4, -0.2) is 0 Å². The van der Waals surface area contributed by atoms with Crippen LogP contribution in [0, 0.1) is 57.7 Å². The van der Waals surface area contributed by atoms with Crippen molar-refractivity contribution in [3.05, 3.63) is 0 Å². The summed E-state index contributed by atoms with van der Waals surface area (Å²) in [6.07, 6.45) is 8.22. The van der Waals surface area contributed by atoms with Crippen LogP contribution >= 0.6 is 0 Å². The lowest BCUT2D eigenvalue weighted by molar-refractivity contribution is -0.0773. The summed E-state index contributed by atoms with van der Waals surface area (Å²) in [4.78, 5) is 0. The first kappa shape index (κ1) is 12.0. The van der Waals surface area contributed by atoms with Crippen LogP contribution < -0.4 is 0 Å². The standard InChI is InChI=1S/C16H22N2/c1-16(10-18,3-2-4-17)15-13-6-11-5-12(8-13)9-14(15)7-11/h11-15H,2-3,5-9H2,1H3. The van der Waals surface area contributed by atoms with Gasteiger partial charge in [0.2, 0.25) is 0 Å². The van der Waals surface area contributed by atoms with Gasteiger partial charge in [-0.05, 0) is 75.0 Å². The Morgan fingerprint density at radius 1 is 1.00 bits per heavy atom. The molecule has 4 saturated carbocycles. The summed E-state index contributed by atoms with van der Waals surface area (Å²) < 4.78 is 0. The van der Waals surface area contributed by atoms with Crippen molar-refractivity contribution >= 4 is 0 Å². The molecule has 0 radical (unpaired) electrons. The van der Waals surface area contributed by atoms with Crippen molar-refractivity contribution in [2.24, 2.45) is 35.0 Å². The molecule has 0 aromatic heterocycles. The van der Waals surface area contributed by atoms with E-state index >= 15 is 0 Å². The summed E-state index contributed by atoms with van der Waals surface area (Å²) in [7, 11) is 0. The lowest BCUT2D eigenvalue weighted by Crippen LogP contribution is -2.50. The van der Waals surface area contributed by atoms with Crippen molar-refractivity contribution in [2.75, 3.05) is 0 Å². The summed E-state index contributed by atoms with van der Waals surface area (Å²) >= 11 is 0. The Morgan fingerprint density at radius 2 is 1.56 bits per heavy atom. The monoisotopic (exact) mass is 242 g/mol. The van der Waals surface area contributed by atoms with E-state index in [1.165, 1.54) is 32.1 Å². The van der Waals surface area contributed by atoms with Crippen LogP contribution in [0.3, 0.4) is 0 Å². The highest BCUT2D eigenvalue weighted by Crippen LogP contribution is 2.61. The van der Waals surface area contributed by atoms with Crippen LogP contribution in [0.1, 0.15) is 51.9 Å². The fourth-order valence-corrected chi connectivity index (χ4v) is 5.58. The van der Waals surface area contributed by atoms with Gasteiger partial charge in [0.05, 0.1) is 17.6 Å². The lowest BCUT2D eigenvalue weighted by atomic mass is 9.46. The summed E-state index contributed by atoms with van der Waals surface area (Å²) in [5.41, 5.74) is -0.252. The third kappa shape index (κ3) is 1.74. The topological polar surface area (TPSA) is 47.6 Å². The van der Waals surface area contributed by atoms with Crippen LogP contribution in [0.4, 0.5) is 0 Å². The minimum absolute atomic E-state index is 0.252. The normalized spacial score (nSPS) is 44.1. The van der Waals surface area contributed by atoms with E-state index < -0.39 is 0 Å². The second-order valence-electron chi connectivity index (χ2n) is 7.14. The van der Waals surface area contributed by atoms with Gasteiger partial charge in [-0.15, -0.1) is 0 Å². The average Bonchev–Trinajstić information content (AvgIpc) is 2.35. The van der Waals surface area contributed by atoms with Gasteiger partial charge in [-0.2, -0.15) is 10.5 Å². The van der Waals surface area contributed by atoms with E-state index in [-0.39, 0.29) is 5.41 Å². The molecular formula is C16H22N2. The molecule has 0 saturated heterocycles. The molecule has 0 amide bonds. The summed E-state index contributed by atoms with van der Waals surface area (Å²) in [6.45, 7) is 2.12. The molecule has 0 aromatic rings. The van der Waals surface area contributed by atoms with Gasteiger partial charge in [0.25, 0.3) is 0 Å². The molecule has 1 atom stereocenters. The Hall–Kier alpha value is -1.02. The van der Waals surface area contributed by atoms with Crippen molar-refractivity contribution in [2.45, 2.75) is 51.9 Å². The Labute approximate surface area is 110 Å². The van der Waals surface area contributed by atoms with Gasteiger partial charge < -0.3 is 0 Å². The maximum atomic E-state index is 9.64. The minimum Gasteiger partial charge on any atom is -0.198 e. The van der Waals surface area contributed by atoms with Crippen molar-refractivity contribution in [3.63, 3.8) is 0 Å². The molecule has 4 aliphatic carbocycles. The first-order valence-electron chi connectivity index (χ1n) is 7.44. The Balaban J connectivity index is 1.83. The number of hydrogen-bond acceptors (Lipinski definition) is 2. The zero-order valence-electron chi connectivity index (χ0n) is 11.2. The highest BCUT2D eigenvalue weighted by molar-refractivity contribution is 5.10. The Kier molecular flexibility index (Phi) is 2.86. The smallest absolute Gasteiger partial charge is 0.0690 e. The van der Waals surface area contributed by atoms with Gasteiger partial charge in [0.15, 0.2) is 0 Å². The van der Waals surface area contributed by atoms with E-state index in [1.54, 1.807) is 0 Å². The molecule has 0 aromatic carbocycles. The second kappa shape index (κ2) is 4.27. The van der Waals surface area contributed by atoms with Crippen LogP contribution in [0.2, 0.25) is 0 Å². The molecular weight excluding hydrogens is 220 g/mol. The Morgan fingerprint density at radius 3 is 2.00 bits per heavy atom. The molecule has 4 rings (SSSR count). The number of nitrogens with zero attached hydrogens (tertiary/aromatic N) is 2. The lowest BCUT2D eigenvalue weighted by Gasteiger charge is -2.57. The van der Waals surface area contributed by atoms with E-state index in [0.29, 0.717) is 12.3 Å². The first-order chi connectivity index (χ1) is 8.66. The molecule has 2 heteroatoms. The molecule has 0 heterocycles. The number of nitriles is 2. The van der Waals surface area contributed by atoms with Crippen LogP contribution in [0.5, 0.6) is 0 Å². The number of rotatable bonds is 3. The van der Waals surface area contributed by atoms with E-state index in [1.807, 2.05) is 0 Å². The fraction of sp³-hybridized carbons (Fsp3) is 0.875. The maximum Gasteiger partial charge on any atom is 0.0690 e. The molecule has 4 fully saturated rings. The summed E-state index contributed by atoms with van der Waals surface area (Å²) in [6, 6.07) is 4.82. The molecule has 2 nitrogen and oxygen atoms in total. The van der Waals surface area contributed by atoms with Gasteiger partial charge in [-0.3, -0.25) is 0 Å². The highest BCUT2D eigenvalue weighted by atomic mass is 14.6. The van der Waals surface area contributed by atoms with E-state index in [2.05, 4.69) is 19.1 Å². The summed E-state index contributed by atoms with van der Waals surface area (Å²) in [5, 5.41) is 18.5. The van der Waals surface area contributed by atoms with Gasteiger partial charge >= 0.3 is 0 Å². The molecule has 4 bridgehead atoms. The average molecular weight is 242 g/mol. The third-order valence-corrected chi connectivity index (χ3v) is 5.97. The van der Waals surface area contributed by atoms with Gasteiger partial charge in [-0.1, -0.05) is 0 Å². The van der Waals surface area contributed by atoms with Crippen molar-refractivity contribution in [1.29, 1.82) is 10.5 Å². The SMILES string of the molecule is CC(C#N)(CCC#N)C1C2CC3CC(C2)CC1C3. The predicted octanol–water partition coefficient (Wildman–Crippen LogP) is 3.89. The first-order valence-corrected chi connectivity index (χ1v) is 7.44. The van der Waals surface area contributed by atoms with Crippen LogP contribution in [0.25, 0.3) is 0 Å². The van der Waals surface area contributed by atoms with Gasteiger partial charge in [0.1, 0.15) is 0 Å². The quantitative estimate of drug-likeness (QED) is 0.753. The van der Waals surface area contributed by atoms with Crippen molar-refractivity contribution < 1.29 is 0 Å². The second-order valence-corrected chi connectivity index (χ2v) is 7.14. The van der Waals surface area contributed by atoms with Crippen molar-refractivity contribution in [3.8, 4) is 12.1 Å². The predicted molar refractivity (Wildman–Crippen MR) is 69.1 cm³/mol. The highest BCUT2D eigenvalue weighted by Gasteiger charge is 2.54. The van der Waals surface area contributed by atoms with Crippen LogP contribution in [0.15, 0.2) is 0 Å². The maximum absolute atomic E-state index is 9.64.